The van der Waals surface area contributed by atoms with Gasteiger partial charge in [-0.1, -0.05) is 0 Å². The molecule has 11 heavy (non-hydrogen) atoms. The smallest absolute Gasteiger partial charge is 0.113 e. The van der Waals surface area contributed by atoms with Crippen LogP contribution in [0.2, 0.25) is 0 Å². The molecule has 0 aromatic heterocycles. The number of piperidine rings is 1. The van der Waals surface area contributed by atoms with Crippen molar-refractivity contribution in [1.29, 1.82) is 0 Å². The van der Waals surface area contributed by atoms with Gasteiger partial charge in [0.25, 0.3) is 0 Å². The number of hydrogen-bond acceptors (Lipinski definition) is 2. The van der Waals surface area contributed by atoms with Gasteiger partial charge in [0.1, 0.15) is 6.17 Å². The molecule has 2 rings (SSSR count). The number of hydrogen-bond donors (Lipinski definition) is 1. The fourth-order valence-corrected chi connectivity index (χ4v) is 1.82. The summed E-state index contributed by atoms with van der Waals surface area (Å²) in [5, 5.41) is 3.21. The van der Waals surface area contributed by atoms with Crippen LogP contribution in [0.1, 0.15) is 12.8 Å². The van der Waals surface area contributed by atoms with Crippen LogP contribution in [-0.4, -0.2) is 43.3 Å². The van der Waals surface area contributed by atoms with Crippen molar-refractivity contribution >= 4 is 0 Å². The van der Waals surface area contributed by atoms with Crippen molar-refractivity contribution in [3.8, 4) is 0 Å². The maximum absolute atomic E-state index is 12.9. The normalized spacial score (nSPS) is 35.2. The molecule has 2 aliphatic rings. The first-order valence-electron chi connectivity index (χ1n) is 4.45. The second-order valence-corrected chi connectivity index (χ2v) is 3.55. The summed E-state index contributed by atoms with van der Waals surface area (Å²) in [7, 11) is 0. The number of rotatable bonds is 1. The Morgan fingerprint density at radius 3 is 2.73 bits per heavy atom. The molecule has 0 aromatic rings. The van der Waals surface area contributed by atoms with E-state index in [9.17, 15) is 4.39 Å². The molecular formula is C8H15FN2. The van der Waals surface area contributed by atoms with Gasteiger partial charge in [0.15, 0.2) is 0 Å². The lowest BCUT2D eigenvalue weighted by atomic mass is 10.0. The van der Waals surface area contributed by atoms with Crippen LogP contribution in [0.5, 0.6) is 0 Å². The minimum atomic E-state index is -0.565. The lowest BCUT2D eigenvalue weighted by Gasteiger charge is -2.41. The average Bonchev–Trinajstić information content (AvgIpc) is 1.83. The molecule has 0 aromatic carbocycles. The van der Waals surface area contributed by atoms with Gasteiger partial charge >= 0.3 is 0 Å². The zero-order valence-corrected chi connectivity index (χ0v) is 6.72. The molecule has 1 unspecified atom stereocenters. The van der Waals surface area contributed by atoms with E-state index in [0.717, 1.165) is 32.5 Å². The van der Waals surface area contributed by atoms with E-state index in [0.29, 0.717) is 12.6 Å². The second-order valence-electron chi connectivity index (χ2n) is 3.55. The predicted octanol–water partition coefficient (Wildman–Crippen LogP) is 0.392. The highest BCUT2D eigenvalue weighted by atomic mass is 19.1. The van der Waals surface area contributed by atoms with Crippen LogP contribution in [0.25, 0.3) is 0 Å². The maximum Gasteiger partial charge on any atom is 0.113 e. The number of nitrogens with one attached hydrogen (secondary N) is 1. The number of nitrogens with zero attached hydrogens (tertiary/aromatic N) is 1. The van der Waals surface area contributed by atoms with E-state index in [2.05, 4.69) is 10.2 Å². The third-order valence-electron chi connectivity index (χ3n) is 2.67. The van der Waals surface area contributed by atoms with Crippen molar-refractivity contribution in [1.82, 2.24) is 10.2 Å². The third-order valence-corrected chi connectivity index (χ3v) is 2.67. The highest BCUT2D eigenvalue weighted by Crippen LogP contribution is 2.16. The molecule has 2 saturated heterocycles. The first-order chi connectivity index (χ1) is 5.36. The summed E-state index contributed by atoms with van der Waals surface area (Å²) >= 11 is 0. The minimum Gasteiger partial charge on any atom is -0.314 e. The summed E-state index contributed by atoms with van der Waals surface area (Å²) in [4.78, 5) is 2.28. The molecule has 0 radical (unpaired) electrons. The van der Waals surface area contributed by atoms with Crippen molar-refractivity contribution in [3.63, 3.8) is 0 Å². The Balaban J connectivity index is 1.82. The zero-order valence-electron chi connectivity index (χ0n) is 6.72. The summed E-state index contributed by atoms with van der Waals surface area (Å²) in [6.45, 7) is 3.90. The van der Waals surface area contributed by atoms with Gasteiger partial charge in [-0.05, 0) is 19.4 Å². The van der Waals surface area contributed by atoms with Crippen LogP contribution in [0.15, 0.2) is 0 Å². The maximum atomic E-state index is 12.9. The van der Waals surface area contributed by atoms with Gasteiger partial charge in [-0.25, -0.2) is 4.39 Å². The van der Waals surface area contributed by atoms with E-state index in [1.807, 2.05) is 0 Å². The van der Waals surface area contributed by atoms with Crippen molar-refractivity contribution in [3.05, 3.63) is 0 Å². The Labute approximate surface area is 66.8 Å². The molecule has 3 heteroatoms. The minimum absolute atomic E-state index is 0.565. The summed E-state index contributed by atoms with van der Waals surface area (Å²) in [5.41, 5.74) is 0. The molecule has 2 fully saturated rings. The van der Waals surface area contributed by atoms with Gasteiger partial charge in [0, 0.05) is 25.7 Å². The molecule has 2 heterocycles. The zero-order chi connectivity index (χ0) is 7.68. The van der Waals surface area contributed by atoms with Crippen LogP contribution in [0.4, 0.5) is 4.39 Å². The van der Waals surface area contributed by atoms with Crippen molar-refractivity contribution in [2.75, 3.05) is 26.2 Å². The summed E-state index contributed by atoms with van der Waals surface area (Å²) in [6.07, 6.45) is 1.25. The van der Waals surface area contributed by atoms with E-state index in [1.54, 1.807) is 0 Å². The summed E-state index contributed by atoms with van der Waals surface area (Å²) < 4.78 is 12.9. The second kappa shape index (κ2) is 3.07. The molecule has 0 bridgehead atoms. The van der Waals surface area contributed by atoms with Gasteiger partial charge in [-0.2, -0.15) is 0 Å². The fourth-order valence-electron chi connectivity index (χ4n) is 1.82. The van der Waals surface area contributed by atoms with E-state index in [-0.39, 0.29) is 0 Å². The van der Waals surface area contributed by atoms with Crippen molar-refractivity contribution in [2.45, 2.75) is 25.1 Å². The predicted molar refractivity (Wildman–Crippen MR) is 42.4 cm³/mol. The molecule has 64 valence electrons. The fraction of sp³-hybridized carbons (Fsp3) is 1.00. The molecule has 0 saturated carbocycles. The lowest BCUT2D eigenvalue weighted by molar-refractivity contribution is 0.0737. The van der Waals surface area contributed by atoms with E-state index >= 15 is 0 Å². The van der Waals surface area contributed by atoms with Gasteiger partial charge in [0.2, 0.25) is 0 Å². The molecule has 1 atom stereocenters. The topological polar surface area (TPSA) is 15.3 Å². The Hall–Kier alpha value is -0.150. The van der Waals surface area contributed by atoms with E-state index in [1.165, 1.54) is 0 Å². The molecular weight excluding hydrogens is 143 g/mol. The van der Waals surface area contributed by atoms with E-state index in [4.69, 9.17) is 0 Å². The Morgan fingerprint density at radius 1 is 1.36 bits per heavy atom. The number of halogens is 1. The average molecular weight is 158 g/mol. The van der Waals surface area contributed by atoms with Gasteiger partial charge < -0.3 is 5.32 Å². The van der Waals surface area contributed by atoms with Gasteiger partial charge in [-0.3, -0.25) is 4.90 Å². The van der Waals surface area contributed by atoms with Crippen molar-refractivity contribution in [2.24, 2.45) is 0 Å². The standard InChI is InChI=1S/C8H15FN2/c9-7-2-1-3-11(6-7)8-4-10-5-8/h7-8,10H,1-6H2. The highest BCUT2D eigenvalue weighted by molar-refractivity contribution is 4.87. The molecule has 2 aliphatic heterocycles. The van der Waals surface area contributed by atoms with Crippen molar-refractivity contribution < 1.29 is 4.39 Å². The van der Waals surface area contributed by atoms with Crippen LogP contribution in [-0.2, 0) is 0 Å². The van der Waals surface area contributed by atoms with Gasteiger partial charge in [0.05, 0.1) is 0 Å². The first-order valence-corrected chi connectivity index (χ1v) is 4.45. The monoisotopic (exact) mass is 158 g/mol. The SMILES string of the molecule is FC1CCCN(C2CNC2)C1. The van der Waals surface area contributed by atoms with Crippen LogP contribution < -0.4 is 5.32 Å². The van der Waals surface area contributed by atoms with E-state index < -0.39 is 6.17 Å². The summed E-state index contributed by atoms with van der Waals surface area (Å²) in [6, 6.07) is 0.633. The Kier molecular flexibility index (Phi) is 2.09. The Morgan fingerprint density at radius 2 is 2.18 bits per heavy atom. The molecule has 2 nitrogen and oxygen atoms in total. The van der Waals surface area contributed by atoms with Crippen LogP contribution in [0.3, 0.4) is 0 Å². The number of likely N-dealkylation sites (tertiary alicyclic amines) is 1. The molecule has 0 aliphatic carbocycles. The molecule has 1 N–H and O–H groups in total. The molecule has 0 spiro atoms. The number of alkyl halides is 1. The molecule has 0 amide bonds. The van der Waals surface area contributed by atoms with Crippen LogP contribution in [0, 0.1) is 0 Å². The summed E-state index contributed by atoms with van der Waals surface area (Å²) in [5.74, 6) is 0. The largest absolute Gasteiger partial charge is 0.314 e. The Bertz CT molecular complexity index is 136. The first kappa shape index (κ1) is 7.50. The van der Waals surface area contributed by atoms with Gasteiger partial charge in [-0.15, -0.1) is 0 Å². The van der Waals surface area contributed by atoms with Crippen LogP contribution >= 0.6 is 0 Å². The quantitative estimate of drug-likeness (QED) is 0.594. The lowest BCUT2D eigenvalue weighted by Crippen LogP contribution is -2.59. The third kappa shape index (κ3) is 1.54. The highest BCUT2D eigenvalue weighted by Gasteiger charge is 2.28.